The maximum atomic E-state index is 13.1. The molecule has 0 aliphatic carbocycles. The molecule has 0 aromatic heterocycles. The van der Waals surface area contributed by atoms with Gasteiger partial charge in [0.15, 0.2) is 6.29 Å². The molecule has 3 fully saturated rings. The van der Waals surface area contributed by atoms with E-state index in [-0.39, 0.29) is 24.0 Å². The van der Waals surface area contributed by atoms with Gasteiger partial charge < -0.3 is 19.3 Å². The third-order valence-corrected chi connectivity index (χ3v) is 6.11. The summed E-state index contributed by atoms with van der Waals surface area (Å²) in [6.07, 6.45) is 2.32. The van der Waals surface area contributed by atoms with E-state index in [1.54, 1.807) is 4.90 Å². The molecular formula is C21H28N2O4. The van der Waals surface area contributed by atoms with Crippen LogP contribution in [0.4, 0.5) is 5.69 Å². The highest BCUT2D eigenvalue weighted by Crippen LogP contribution is 2.30. The van der Waals surface area contributed by atoms with Gasteiger partial charge in [0, 0.05) is 31.2 Å². The molecule has 2 atom stereocenters. The zero-order valence-electron chi connectivity index (χ0n) is 16.1. The third-order valence-electron chi connectivity index (χ3n) is 6.11. The quantitative estimate of drug-likeness (QED) is 0.764. The topological polar surface area (TPSA) is 59.1 Å². The summed E-state index contributed by atoms with van der Waals surface area (Å²) in [5.74, 6) is -0.457. The molecule has 6 nitrogen and oxygen atoms in total. The number of aryl methyl sites for hydroxylation is 2. The normalized spacial score (nSPS) is 26.8. The van der Waals surface area contributed by atoms with Crippen LogP contribution in [0.5, 0.6) is 0 Å². The number of nitrogens with zero attached hydrogens (tertiary/aromatic N) is 2. The first-order valence-electron chi connectivity index (χ1n) is 9.95. The first kappa shape index (κ1) is 18.4. The van der Waals surface area contributed by atoms with E-state index >= 15 is 0 Å². The van der Waals surface area contributed by atoms with Gasteiger partial charge in [-0.15, -0.1) is 0 Å². The fraction of sp³-hybridized carbons (Fsp3) is 0.619. The highest BCUT2D eigenvalue weighted by molar-refractivity contribution is 6.09. The smallest absolute Gasteiger partial charge is 0.239 e. The fourth-order valence-electron chi connectivity index (χ4n) is 4.36. The van der Waals surface area contributed by atoms with Crippen molar-refractivity contribution >= 4 is 17.5 Å². The van der Waals surface area contributed by atoms with Crippen molar-refractivity contribution in [1.29, 1.82) is 0 Å². The molecule has 2 amide bonds. The van der Waals surface area contributed by atoms with E-state index in [2.05, 4.69) is 6.92 Å². The molecule has 0 radical (unpaired) electrons. The molecule has 1 aromatic rings. The van der Waals surface area contributed by atoms with Crippen molar-refractivity contribution in [3.63, 3.8) is 0 Å². The number of carbonyl (C=O) groups excluding carboxylic acids is 2. The monoisotopic (exact) mass is 372 g/mol. The van der Waals surface area contributed by atoms with E-state index in [0.29, 0.717) is 32.7 Å². The van der Waals surface area contributed by atoms with Crippen molar-refractivity contribution in [2.75, 3.05) is 37.7 Å². The Morgan fingerprint density at radius 1 is 1.07 bits per heavy atom. The van der Waals surface area contributed by atoms with Crippen LogP contribution in [-0.2, 0) is 19.1 Å². The average molecular weight is 372 g/mol. The summed E-state index contributed by atoms with van der Waals surface area (Å²) in [6, 6.07) is 6.04. The van der Waals surface area contributed by atoms with Gasteiger partial charge in [0.05, 0.1) is 13.2 Å². The lowest BCUT2D eigenvalue weighted by Crippen LogP contribution is -2.47. The molecule has 0 N–H and O–H groups in total. The Balaban J connectivity index is 1.43. The van der Waals surface area contributed by atoms with E-state index < -0.39 is 5.92 Å². The number of hydrogen-bond donors (Lipinski definition) is 0. The van der Waals surface area contributed by atoms with Crippen LogP contribution < -0.4 is 4.90 Å². The summed E-state index contributed by atoms with van der Waals surface area (Å²) < 4.78 is 11.3. The summed E-state index contributed by atoms with van der Waals surface area (Å²) in [6.45, 7) is 7.30. The van der Waals surface area contributed by atoms with E-state index in [1.165, 1.54) is 5.56 Å². The molecule has 4 rings (SSSR count). The minimum Gasteiger partial charge on any atom is -0.350 e. The predicted octanol–water partition coefficient (Wildman–Crippen LogP) is 2.27. The first-order valence-corrected chi connectivity index (χ1v) is 9.95. The largest absolute Gasteiger partial charge is 0.350 e. The maximum absolute atomic E-state index is 13.1. The molecule has 3 aliphatic rings. The number of anilines is 1. The lowest BCUT2D eigenvalue weighted by atomic mass is 9.95. The molecule has 6 heteroatoms. The van der Waals surface area contributed by atoms with E-state index in [4.69, 9.17) is 9.47 Å². The number of ether oxygens (including phenoxy) is 2. The molecule has 3 aliphatic heterocycles. The first-order chi connectivity index (χ1) is 13.0. The standard InChI is InChI=1S/C21H28N2O4/c1-14-5-6-17(12-15(14)2)23-9-7-18(20(23)25)19(24)22-8-3-4-16(13-22)21-26-10-11-27-21/h5-6,12,16,18,21H,3-4,7-11,13H2,1-2H3. The van der Waals surface area contributed by atoms with Crippen LogP contribution in [-0.4, -0.2) is 55.9 Å². The number of benzene rings is 1. The molecule has 146 valence electrons. The highest BCUT2D eigenvalue weighted by Gasteiger charge is 2.42. The van der Waals surface area contributed by atoms with Crippen molar-refractivity contribution in [3.8, 4) is 0 Å². The Kier molecular flexibility index (Phi) is 5.19. The van der Waals surface area contributed by atoms with Gasteiger partial charge in [-0.2, -0.15) is 0 Å². The molecule has 0 spiro atoms. The Labute approximate surface area is 160 Å². The second-order valence-electron chi connectivity index (χ2n) is 7.90. The Bertz CT molecular complexity index is 729. The van der Waals surface area contributed by atoms with Crippen molar-refractivity contribution in [2.24, 2.45) is 11.8 Å². The van der Waals surface area contributed by atoms with Gasteiger partial charge in [0.2, 0.25) is 11.8 Å². The van der Waals surface area contributed by atoms with Crippen LogP contribution in [0.3, 0.4) is 0 Å². The summed E-state index contributed by atoms with van der Waals surface area (Å²) in [5, 5.41) is 0. The van der Waals surface area contributed by atoms with Gasteiger partial charge in [-0.3, -0.25) is 9.59 Å². The summed E-state index contributed by atoms with van der Waals surface area (Å²) in [4.78, 5) is 29.6. The number of piperidine rings is 1. The second kappa shape index (κ2) is 7.60. The minimum absolute atomic E-state index is 0.0333. The number of hydrogen-bond acceptors (Lipinski definition) is 4. The molecule has 0 bridgehead atoms. The number of likely N-dealkylation sites (tertiary alicyclic amines) is 1. The second-order valence-corrected chi connectivity index (χ2v) is 7.90. The Hall–Kier alpha value is -1.92. The maximum Gasteiger partial charge on any atom is 0.239 e. The Morgan fingerprint density at radius 2 is 1.85 bits per heavy atom. The molecular weight excluding hydrogens is 344 g/mol. The van der Waals surface area contributed by atoms with Gasteiger partial charge in [-0.05, 0) is 56.4 Å². The predicted molar refractivity (Wildman–Crippen MR) is 101 cm³/mol. The van der Waals surface area contributed by atoms with Crippen molar-refractivity contribution in [3.05, 3.63) is 29.3 Å². The molecule has 0 saturated carbocycles. The van der Waals surface area contributed by atoms with Gasteiger partial charge in [0.25, 0.3) is 0 Å². The zero-order chi connectivity index (χ0) is 19.0. The molecule has 2 unspecified atom stereocenters. The molecule has 27 heavy (non-hydrogen) atoms. The number of rotatable bonds is 3. The van der Waals surface area contributed by atoms with Gasteiger partial charge in [-0.25, -0.2) is 0 Å². The SMILES string of the molecule is Cc1ccc(N2CCC(C(=O)N3CCCC(C4OCCO4)C3)C2=O)cc1C. The summed E-state index contributed by atoms with van der Waals surface area (Å²) >= 11 is 0. The van der Waals surface area contributed by atoms with E-state index in [0.717, 1.165) is 30.6 Å². The molecule has 3 saturated heterocycles. The number of amides is 2. The average Bonchev–Trinajstić information content (AvgIpc) is 3.34. The van der Waals surface area contributed by atoms with Crippen LogP contribution in [0, 0.1) is 25.7 Å². The van der Waals surface area contributed by atoms with Gasteiger partial charge in [-0.1, -0.05) is 6.07 Å². The molecule has 1 aromatic carbocycles. The lowest BCUT2D eigenvalue weighted by Gasteiger charge is -2.35. The van der Waals surface area contributed by atoms with Crippen LogP contribution in [0.1, 0.15) is 30.4 Å². The fourth-order valence-corrected chi connectivity index (χ4v) is 4.36. The minimum atomic E-state index is -0.559. The Morgan fingerprint density at radius 3 is 2.59 bits per heavy atom. The lowest BCUT2D eigenvalue weighted by molar-refractivity contribution is -0.145. The van der Waals surface area contributed by atoms with E-state index in [1.807, 2.05) is 30.0 Å². The van der Waals surface area contributed by atoms with Crippen LogP contribution in [0.2, 0.25) is 0 Å². The van der Waals surface area contributed by atoms with Crippen LogP contribution >= 0.6 is 0 Å². The van der Waals surface area contributed by atoms with Crippen molar-refractivity contribution in [2.45, 2.75) is 39.4 Å². The van der Waals surface area contributed by atoms with Crippen LogP contribution in [0.25, 0.3) is 0 Å². The van der Waals surface area contributed by atoms with Crippen molar-refractivity contribution in [1.82, 2.24) is 4.90 Å². The van der Waals surface area contributed by atoms with Gasteiger partial charge in [0.1, 0.15) is 5.92 Å². The highest BCUT2D eigenvalue weighted by atomic mass is 16.7. The van der Waals surface area contributed by atoms with Crippen LogP contribution in [0.15, 0.2) is 18.2 Å². The van der Waals surface area contributed by atoms with Crippen molar-refractivity contribution < 1.29 is 19.1 Å². The van der Waals surface area contributed by atoms with E-state index in [9.17, 15) is 9.59 Å². The number of carbonyl (C=O) groups is 2. The van der Waals surface area contributed by atoms with Gasteiger partial charge >= 0.3 is 0 Å². The summed E-state index contributed by atoms with van der Waals surface area (Å²) in [7, 11) is 0. The summed E-state index contributed by atoms with van der Waals surface area (Å²) in [5.41, 5.74) is 3.25. The third kappa shape index (κ3) is 3.60. The zero-order valence-corrected chi connectivity index (χ0v) is 16.1. The molecule has 3 heterocycles.